The summed E-state index contributed by atoms with van der Waals surface area (Å²) in [5.41, 5.74) is 0.734. The van der Waals surface area contributed by atoms with Gasteiger partial charge < -0.3 is 4.74 Å². The van der Waals surface area contributed by atoms with Crippen LogP contribution >= 0.6 is 27.5 Å². The molecule has 0 aromatic heterocycles. The predicted octanol–water partition coefficient (Wildman–Crippen LogP) is 4.14. The van der Waals surface area contributed by atoms with Gasteiger partial charge >= 0.3 is 5.97 Å². The number of ether oxygens (including phenoxy) is 1. The summed E-state index contributed by atoms with van der Waals surface area (Å²) in [7, 11) is 0. The van der Waals surface area contributed by atoms with Crippen molar-refractivity contribution >= 4 is 39.3 Å². The minimum Gasteiger partial charge on any atom is -0.454 e. The van der Waals surface area contributed by atoms with E-state index in [1.165, 1.54) is 0 Å². The molecule has 0 aliphatic rings. The van der Waals surface area contributed by atoms with Crippen molar-refractivity contribution in [3.05, 3.63) is 69.2 Å². The number of carbonyl (C=O) groups excluding carboxylic acids is 2. The summed E-state index contributed by atoms with van der Waals surface area (Å²) in [5, 5.41) is 0.300. The van der Waals surface area contributed by atoms with Crippen LogP contribution in [-0.4, -0.2) is 18.4 Å². The molecule has 0 saturated carbocycles. The van der Waals surface area contributed by atoms with Gasteiger partial charge in [0.15, 0.2) is 12.4 Å². The molecule has 0 saturated heterocycles. The van der Waals surface area contributed by atoms with Gasteiger partial charge in [0.2, 0.25) is 0 Å². The van der Waals surface area contributed by atoms with Crippen molar-refractivity contribution in [1.82, 2.24) is 0 Å². The van der Waals surface area contributed by atoms with E-state index in [9.17, 15) is 9.59 Å². The number of esters is 1. The minimum atomic E-state index is -0.610. The summed E-state index contributed by atoms with van der Waals surface area (Å²) in [6.45, 7) is -0.314. The van der Waals surface area contributed by atoms with E-state index in [1.54, 1.807) is 48.5 Å². The van der Waals surface area contributed by atoms with Gasteiger partial charge in [-0.15, -0.1) is 0 Å². The van der Waals surface area contributed by atoms with Gasteiger partial charge in [-0.05, 0) is 24.3 Å². The number of Topliss-reactive ketones (excluding diaryl/α,β-unsaturated/α-hetero) is 1. The zero-order valence-corrected chi connectivity index (χ0v) is 12.6. The Morgan fingerprint density at radius 1 is 1.05 bits per heavy atom. The fourth-order valence-electron chi connectivity index (χ4n) is 1.55. The molecular formula is C15H10BrClO3. The Kier molecular flexibility index (Phi) is 4.93. The highest BCUT2D eigenvalue weighted by atomic mass is 79.9. The summed E-state index contributed by atoms with van der Waals surface area (Å²) in [6.07, 6.45) is 0. The number of hydrogen-bond acceptors (Lipinski definition) is 3. The maximum Gasteiger partial charge on any atom is 0.340 e. The molecular weight excluding hydrogens is 344 g/mol. The average molecular weight is 354 g/mol. The van der Waals surface area contributed by atoms with Crippen molar-refractivity contribution < 1.29 is 14.3 Å². The largest absolute Gasteiger partial charge is 0.454 e. The van der Waals surface area contributed by atoms with E-state index in [-0.39, 0.29) is 18.0 Å². The normalized spacial score (nSPS) is 10.1. The van der Waals surface area contributed by atoms with Crippen LogP contribution in [0.4, 0.5) is 0 Å². The lowest BCUT2D eigenvalue weighted by Gasteiger charge is -2.05. The average Bonchev–Trinajstić information content (AvgIpc) is 2.45. The summed E-state index contributed by atoms with van der Waals surface area (Å²) < 4.78 is 5.85. The molecule has 2 aromatic carbocycles. The smallest absolute Gasteiger partial charge is 0.340 e. The van der Waals surface area contributed by atoms with Crippen LogP contribution < -0.4 is 0 Å². The van der Waals surface area contributed by atoms with E-state index >= 15 is 0 Å². The summed E-state index contributed by atoms with van der Waals surface area (Å²) >= 11 is 9.16. The van der Waals surface area contributed by atoms with Gasteiger partial charge in [-0.25, -0.2) is 4.79 Å². The summed E-state index contributed by atoms with van der Waals surface area (Å²) in [4.78, 5) is 23.6. The Morgan fingerprint density at radius 3 is 2.35 bits per heavy atom. The van der Waals surface area contributed by atoms with Crippen LogP contribution in [0.25, 0.3) is 0 Å². The van der Waals surface area contributed by atoms with Gasteiger partial charge in [0.25, 0.3) is 0 Å². The molecule has 20 heavy (non-hydrogen) atoms. The van der Waals surface area contributed by atoms with Crippen molar-refractivity contribution in [1.29, 1.82) is 0 Å². The van der Waals surface area contributed by atoms with Crippen LogP contribution in [0.2, 0.25) is 5.02 Å². The Morgan fingerprint density at radius 2 is 1.70 bits per heavy atom. The first kappa shape index (κ1) is 14.8. The molecule has 2 aromatic rings. The van der Waals surface area contributed by atoms with Gasteiger partial charge in [0.05, 0.1) is 10.6 Å². The Bertz CT molecular complexity index is 638. The molecule has 0 unspecified atom stereocenters. The highest BCUT2D eigenvalue weighted by molar-refractivity contribution is 9.10. The molecule has 0 amide bonds. The molecule has 5 heteroatoms. The number of halogens is 2. The molecule has 0 aliphatic heterocycles. The van der Waals surface area contributed by atoms with Crippen LogP contribution in [0.5, 0.6) is 0 Å². The molecule has 0 radical (unpaired) electrons. The minimum absolute atomic E-state index is 0.248. The zero-order valence-electron chi connectivity index (χ0n) is 10.3. The second kappa shape index (κ2) is 6.68. The second-order valence-electron chi connectivity index (χ2n) is 3.99. The molecule has 2 rings (SSSR count). The molecule has 0 atom stereocenters. The van der Waals surface area contributed by atoms with E-state index in [0.717, 1.165) is 4.47 Å². The third-order valence-corrected chi connectivity index (χ3v) is 3.45. The fraction of sp³-hybridized carbons (Fsp3) is 0.0667. The lowest BCUT2D eigenvalue weighted by molar-refractivity contribution is 0.0475. The maximum atomic E-state index is 11.9. The topological polar surface area (TPSA) is 43.4 Å². The third-order valence-electron chi connectivity index (χ3n) is 2.59. The van der Waals surface area contributed by atoms with Crippen LogP contribution in [0.3, 0.4) is 0 Å². The molecule has 102 valence electrons. The highest BCUT2D eigenvalue weighted by Crippen LogP contribution is 2.16. The summed E-state index contributed by atoms with van der Waals surface area (Å²) in [6, 6.07) is 13.4. The molecule has 3 nitrogen and oxygen atoms in total. The SMILES string of the molecule is O=C(COC(=O)c1ccccc1Cl)c1ccc(Br)cc1. The molecule has 0 aliphatic carbocycles. The van der Waals surface area contributed by atoms with E-state index in [1.807, 2.05) is 0 Å². The van der Waals surface area contributed by atoms with Crippen molar-refractivity contribution in [2.24, 2.45) is 0 Å². The predicted molar refractivity (Wildman–Crippen MR) is 80.2 cm³/mol. The second-order valence-corrected chi connectivity index (χ2v) is 5.31. The first-order chi connectivity index (χ1) is 9.58. The number of ketones is 1. The van der Waals surface area contributed by atoms with Crippen LogP contribution in [-0.2, 0) is 4.74 Å². The Balaban J connectivity index is 1.99. The maximum absolute atomic E-state index is 11.9. The van der Waals surface area contributed by atoms with Gasteiger partial charge in [-0.1, -0.05) is 51.8 Å². The van der Waals surface area contributed by atoms with E-state index in [4.69, 9.17) is 16.3 Å². The highest BCUT2D eigenvalue weighted by Gasteiger charge is 2.14. The van der Waals surface area contributed by atoms with E-state index in [0.29, 0.717) is 10.6 Å². The molecule has 0 spiro atoms. The third kappa shape index (κ3) is 3.68. The number of hydrogen-bond donors (Lipinski definition) is 0. The van der Waals surface area contributed by atoms with Crippen LogP contribution in [0.15, 0.2) is 53.0 Å². The molecule has 0 N–H and O–H groups in total. The first-order valence-electron chi connectivity index (χ1n) is 5.78. The van der Waals surface area contributed by atoms with Crippen molar-refractivity contribution in [3.63, 3.8) is 0 Å². The Hall–Kier alpha value is -1.65. The van der Waals surface area contributed by atoms with Crippen molar-refractivity contribution in [2.75, 3.05) is 6.61 Å². The number of carbonyl (C=O) groups is 2. The molecule has 0 fully saturated rings. The van der Waals surface area contributed by atoms with Crippen molar-refractivity contribution in [2.45, 2.75) is 0 Å². The number of rotatable bonds is 4. The Labute approximate surface area is 129 Å². The fourth-order valence-corrected chi connectivity index (χ4v) is 2.03. The first-order valence-corrected chi connectivity index (χ1v) is 6.95. The number of benzene rings is 2. The van der Waals surface area contributed by atoms with Gasteiger partial charge in [-0.3, -0.25) is 4.79 Å². The van der Waals surface area contributed by atoms with Crippen molar-refractivity contribution in [3.8, 4) is 0 Å². The summed E-state index contributed by atoms with van der Waals surface area (Å²) in [5.74, 6) is -0.876. The van der Waals surface area contributed by atoms with E-state index < -0.39 is 5.97 Å². The molecule has 0 heterocycles. The lowest BCUT2D eigenvalue weighted by atomic mass is 10.1. The van der Waals surface area contributed by atoms with Gasteiger partial charge in [0.1, 0.15) is 0 Å². The van der Waals surface area contributed by atoms with Crippen LogP contribution in [0, 0.1) is 0 Å². The standard InChI is InChI=1S/C15H10BrClO3/c16-11-7-5-10(6-8-11)14(18)9-20-15(19)12-3-1-2-4-13(12)17/h1-8H,9H2. The van der Waals surface area contributed by atoms with Gasteiger partial charge in [-0.2, -0.15) is 0 Å². The quantitative estimate of drug-likeness (QED) is 0.613. The van der Waals surface area contributed by atoms with Crippen LogP contribution in [0.1, 0.15) is 20.7 Å². The lowest BCUT2D eigenvalue weighted by Crippen LogP contribution is -2.14. The van der Waals surface area contributed by atoms with E-state index in [2.05, 4.69) is 15.9 Å². The monoisotopic (exact) mass is 352 g/mol. The zero-order chi connectivity index (χ0) is 14.5. The molecule has 0 bridgehead atoms. The van der Waals surface area contributed by atoms with Gasteiger partial charge in [0, 0.05) is 10.0 Å².